The third kappa shape index (κ3) is 1.68. The fourth-order valence-electron chi connectivity index (χ4n) is 1.58. The van der Waals surface area contributed by atoms with Gasteiger partial charge in [0.15, 0.2) is 0 Å². The van der Waals surface area contributed by atoms with Gasteiger partial charge in [0.25, 0.3) is 5.56 Å². The van der Waals surface area contributed by atoms with Crippen molar-refractivity contribution in [3.05, 3.63) is 46.8 Å². The second-order valence-corrected chi connectivity index (χ2v) is 4.47. The Hall–Kier alpha value is -2.21. The third-order valence-electron chi connectivity index (χ3n) is 2.33. The quantitative estimate of drug-likeness (QED) is 0.702. The molecular formula is C11H8N4OS. The normalized spacial score (nSPS) is 10.8. The Labute approximate surface area is 100 Å². The second kappa shape index (κ2) is 3.67. The topological polar surface area (TPSA) is 73.3 Å². The lowest BCUT2D eigenvalue weighted by molar-refractivity contribution is 0.907. The molecule has 0 saturated heterocycles. The van der Waals surface area contributed by atoms with Crippen LogP contribution in [0.3, 0.4) is 0 Å². The SMILES string of the molecule is Nc1nn2c(=O)cc(-c3ccccc3)nc2s1. The van der Waals surface area contributed by atoms with Gasteiger partial charge in [-0.1, -0.05) is 41.7 Å². The van der Waals surface area contributed by atoms with Crippen LogP contribution in [0.25, 0.3) is 16.2 Å². The maximum absolute atomic E-state index is 11.8. The highest BCUT2D eigenvalue weighted by Gasteiger charge is 2.07. The predicted molar refractivity (Wildman–Crippen MR) is 67.0 cm³/mol. The summed E-state index contributed by atoms with van der Waals surface area (Å²) < 4.78 is 1.21. The molecule has 0 fully saturated rings. The molecule has 0 spiro atoms. The Morgan fingerprint density at radius 2 is 2.00 bits per heavy atom. The molecular weight excluding hydrogens is 236 g/mol. The first-order valence-corrected chi connectivity index (χ1v) is 5.77. The van der Waals surface area contributed by atoms with Gasteiger partial charge >= 0.3 is 0 Å². The summed E-state index contributed by atoms with van der Waals surface area (Å²) in [5, 5.41) is 4.22. The number of nitrogen functional groups attached to an aromatic ring is 1. The average molecular weight is 244 g/mol. The van der Waals surface area contributed by atoms with Crippen molar-refractivity contribution in [1.29, 1.82) is 0 Å². The minimum absolute atomic E-state index is 0.221. The van der Waals surface area contributed by atoms with Crippen LogP contribution in [0.15, 0.2) is 41.2 Å². The highest BCUT2D eigenvalue weighted by atomic mass is 32.1. The largest absolute Gasteiger partial charge is 0.374 e. The van der Waals surface area contributed by atoms with E-state index < -0.39 is 0 Å². The van der Waals surface area contributed by atoms with Crippen LogP contribution in [0.2, 0.25) is 0 Å². The number of aromatic nitrogens is 3. The lowest BCUT2D eigenvalue weighted by Gasteiger charge is -1.99. The highest BCUT2D eigenvalue weighted by molar-refractivity contribution is 7.20. The third-order valence-corrected chi connectivity index (χ3v) is 3.07. The van der Waals surface area contributed by atoms with Crippen molar-refractivity contribution in [2.24, 2.45) is 0 Å². The Morgan fingerprint density at radius 1 is 1.24 bits per heavy atom. The van der Waals surface area contributed by atoms with Crippen molar-refractivity contribution in [2.45, 2.75) is 0 Å². The van der Waals surface area contributed by atoms with Gasteiger partial charge in [-0.2, -0.15) is 4.52 Å². The fourth-order valence-corrected chi connectivity index (χ4v) is 2.25. The standard InChI is InChI=1S/C11H8N4OS/c12-10-14-15-9(16)6-8(13-11(15)17-10)7-4-2-1-3-5-7/h1-6H,(H2,12,14). The van der Waals surface area contributed by atoms with E-state index in [1.807, 2.05) is 30.3 Å². The summed E-state index contributed by atoms with van der Waals surface area (Å²) in [4.78, 5) is 16.7. The lowest BCUT2D eigenvalue weighted by atomic mass is 10.1. The van der Waals surface area contributed by atoms with Gasteiger partial charge < -0.3 is 5.73 Å². The molecule has 6 heteroatoms. The van der Waals surface area contributed by atoms with Crippen LogP contribution in [0, 0.1) is 0 Å². The van der Waals surface area contributed by atoms with E-state index >= 15 is 0 Å². The lowest BCUT2D eigenvalue weighted by Crippen LogP contribution is -2.14. The molecule has 0 aliphatic carbocycles. The summed E-state index contributed by atoms with van der Waals surface area (Å²) in [5.74, 6) is 0. The van der Waals surface area contributed by atoms with Gasteiger partial charge in [0, 0.05) is 11.6 Å². The van der Waals surface area contributed by atoms with Crippen LogP contribution in [0.1, 0.15) is 0 Å². The fraction of sp³-hybridized carbons (Fsp3) is 0. The van der Waals surface area contributed by atoms with Crippen LogP contribution >= 0.6 is 11.3 Å². The van der Waals surface area contributed by atoms with E-state index in [4.69, 9.17) is 5.73 Å². The molecule has 0 atom stereocenters. The Balaban J connectivity index is 2.29. The number of fused-ring (bicyclic) bond motifs is 1. The molecule has 84 valence electrons. The molecule has 17 heavy (non-hydrogen) atoms. The first-order chi connectivity index (χ1) is 8.24. The minimum Gasteiger partial charge on any atom is -0.374 e. The predicted octanol–water partition coefficient (Wildman–Crippen LogP) is 1.40. The van der Waals surface area contributed by atoms with E-state index in [2.05, 4.69) is 10.1 Å². The number of hydrogen-bond acceptors (Lipinski definition) is 5. The monoisotopic (exact) mass is 244 g/mol. The van der Waals surface area contributed by atoms with Gasteiger partial charge in [0.2, 0.25) is 10.1 Å². The summed E-state index contributed by atoms with van der Waals surface area (Å²) >= 11 is 1.19. The molecule has 0 radical (unpaired) electrons. The molecule has 0 aliphatic heterocycles. The smallest absolute Gasteiger partial charge is 0.275 e. The van der Waals surface area contributed by atoms with E-state index in [9.17, 15) is 4.79 Å². The number of hydrogen-bond donors (Lipinski definition) is 1. The van der Waals surface area contributed by atoms with E-state index in [-0.39, 0.29) is 5.56 Å². The molecule has 3 aromatic rings. The number of benzene rings is 1. The summed E-state index contributed by atoms with van der Waals surface area (Å²) in [6, 6.07) is 11.0. The molecule has 2 heterocycles. The zero-order chi connectivity index (χ0) is 11.8. The van der Waals surface area contributed by atoms with Crippen molar-refractivity contribution in [1.82, 2.24) is 14.6 Å². The van der Waals surface area contributed by atoms with Crippen molar-refractivity contribution in [2.75, 3.05) is 5.73 Å². The molecule has 2 N–H and O–H groups in total. The van der Waals surface area contributed by atoms with E-state index in [1.54, 1.807) is 0 Å². The molecule has 1 aromatic carbocycles. The maximum Gasteiger partial charge on any atom is 0.275 e. The Bertz CT molecular complexity index is 732. The summed E-state index contributed by atoms with van der Waals surface area (Å²) in [6.45, 7) is 0. The van der Waals surface area contributed by atoms with Gasteiger partial charge in [-0.3, -0.25) is 4.79 Å². The molecule has 2 aromatic heterocycles. The van der Waals surface area contributed by atoms with Crippen molar-refractivity contribution < 1.29 is 0 Å². The summed E-state index contributed by atoms with van der Waals surface area (Å²) in [7, 11) is 0. The zero-order valence-electron chi connectivity index (χ0n) is 8.70. The van der Waals surface area contributed by atoms with Crippen LogP contribution < -0.4 is 11.3 Å². The number of nitrogens with two attached hydrogens (primary N) is 1. The van der Waals surface area contributed by atoms with E-state index in [0.717, 1.165) is 5.56 Å². The van der Waals surface area contributed by atoms with E-state index in [0.29, 0.717) is 15.8 Å². The molecule has 3 rings (SSSR count). The highest BCUT2D eigenvalue weighted by Crippen LogP contribution is 2.18. The van der Waals surface area contributed by atoms with Crippen molar-refractivity contribution in [3.63, 3.8) is 0 Å². The zero-order valence-corrected chi connectivity index (χ0v) is 9.52. The molecule has 0 bridgehead atoms. The first kappa shape index (κ1) is 9.98. The van der Waals surface area contributed by atoms with Crippen LogP contribution in [-0.2, 0) is 0 Å². The van der Waals surface area contributed by atoms with Crippen LogP contribution in [0.5, 0.6) is 0 Å². The number of nitrogens with zero attached hydrogens (tertiary/aromatic N) is 3. The van der Waals surface area contributed by atoms with E-state index in [1.165, 1.54) is 21.9 Å². The van der Waals surface area contributed by atoms with Gasteiger partial charge in [-0.05, 0) is 0 Å². The average Bonchev–Trinajstić information content (AvgIpc) is 2.71. The summed E-state index contributed by atoms with van der Waals surface area (Å²) in [6.07, 6.45) is 0. The Morgan fingerprint density at radius 3 is 2.76 bits per heavy atom. The maximum atomic E-state index is 11.8. The van der Waals surface area contributed by atoms with Crippen molar-refractivity contribution in [3.8, 4) is 11.3 Å². The molecule has 0 saturated carbocycles. The van der Waals surface area contributed by atoms with Gasteiger partial charge in [0.1, 0.15) is 0 Å². The molecule has 0 aliphatic rings. The Kier molecular flexibility index (Phi) is 2.15. The van der Waals surface area contributed by atoms with Gasteiger partial charge in [0.05, 0.1) is 5.69 Å². The van der Waals surface area contributed by atoms with Crippen LogP contribution in [-0.4, -0.2) is 14.6 Å². The minimum atomic E-state index is -0.221. The number of anilines is 1. The van der Waals surface area contributed by atoms with Gasteiger partial charge in [-0.25, -0.2) is 4.98 Å². The second-order valence-electron chi connectivity index (χ2n) is 3.48. The first-order valence-electron chi connectivity index (χ1n) is 4.96. The molecule has 0 unspecified atom stereocenters. The number of rotatable bonds is 1. The summed E-state index contributed by atoms with van der Waals surface area (Å²) in [5.41, 5.74) is 6.88. The van der Waals surface area contributed by atoms with Gasteiger partial charge in [-0.15, -0.1) is 5.10 Å². The molecule has 5 nitrogen and oxygen atoms in total. The molecule has 0 amide bonds. The van der Waals surface area contributed by atoms with Crippen molar-refractivity contribution >= 4 is 21.4 Å². The van der Waals surface area contributed by atoms with Crippen LogP contribution in [0.4, 0.5) is 5.13 Å².